The normalized spacial score (nSPS) is 16.3. The van der Waals surface area contributed by atoms with Crippen LogP contribution in [-0.4, -0.2) is 47.7 Å². The van der Waals surface area contributed by atoms with Crippen LogP contribution in [0.4, 0.5) is 5.82 Å². The number of ether oxygens (including phenoxy) is 1. The molecule has 1 aromatic carbocycles. The van der Waals surface area contributed by atoms with Crippen LogP contribution >= 0.6 is 0 Å². The van der Waals surface area contributed by atoms with Crippen molar-refractivity contribution in [3.63, 3.8) is 0 Å². The lowest BCUT2D eigenvalue weighted by Crippen LogP contribution is -2.41. The van der Waals surface area contributed by atoms with Crippen LogP contribution in [0.3, 0.4) is 0 Å². The molecule has 0 amide bonds. The second-order valence-corrected chi connectivity index (χ2v) is 5.82. The molecule has 24 heavy (non-hydrogen) atoms. The van der Waals surface area contributed by atoms with E-state index in [9.17, 15) is 0 Å². The first-order chi connectivity index (χ1) is 11.8. The molecule has 0 spiro atoms. The van der Waals surface area contributed by atoms with Crippen molar-refractivity contribution in [1.29, 1.82) is 5.26 Å². The van der Waals surface area contributed by atoms with E-state index >= 15 is 0 Å². The smallest absolute Gasteiger partial charge is 0.182 e. The van der Waals surface area contributed by atoms with Crippen LogP contribution in [0.1, 0.15) is 22.9 Å². The Labute approximate surface area is 142 Å². The molecular formula is C18H21N5O. The van der Waals surface area contributed by atoms with Crippen LogP contribution in [0.5, 0.6) is 0 Å². The fraction of sp³-hybridized carbons (Fsp3) is 0.389. The van der Waals surface area contributed by atoms with Gasteiger partial charge in [-0.3, -0.25) is 4.90 Å². The Hall–Kier alpha value is -2.49. The molecule has 2 heterocycles. The molecule has 1 saturated heterocycles. The summed E-state index contributed by atoms with van der Waals surface area (Å²) in [5.74, 6) is 0.533. The lowest BCUT2D eigenvalue weighted by molar-refractivity contribution is 0.0187. The van der Waals surface area contributed by atoms with Crippen LogP contribution < -0.4 is 5.32 Å². The average Bonchev–Trinajstić information content (AvgIpc) is 2.64. The number of anilines is 1. The Bertz CT molecular complexity index is 704. The third-order valence-electron chi connectivity index (χ3n) is 4.22. The van der Waals surface area contributed by atoms with Gasteiger partial charge in [-0.15, -0.1) is 0 Å². The van der Waals surface area contributed by atoms with Crippen molar-refractivity contribution in [3.05, 3.63) is 53.5 Å². The van der Waals surface area contributed by atoms with E-state index in [-0.39, 0.29) is 6.04 Å². The molecule has 6 nitrogen and oxygen atoms in total. The zero-order valence-corrected chi connectivity index (χ0v) is 13.8. The first-order valence-corrected chi connectivity index (χ1v) is 8.11. The predicted octanol–water partition coefficient (Wildman–Crippen LogP) is 2.14. The predicted molar refractivity (Wildman–Crippen MR) is 91.5 cm³/mol. The molecule has 3 rings (SSSR count). The molecule has 1 N–H and O–H groups in total. The van der Waals surface area contributed by atoms with Crippen molar-refractivity contribution in [3.8, 4) is 6.07 Å². The fourth-order valence-electron chi connectivity index (χ4n) is 2.88. The summed E-state index contributed by atoms with van der Waals surface area (Å²) >= 11 is 0. The first kappa shape index (κ1) is 16.4. The van der Waals surface area contributed by atoms with Crippen LogP contribution in [0.15, 0.2) is 36.7 Å². The van der Waals surface area contributed by atoms with E-state index in [1.54, 1.807) is 6.20 Å². The maximum absolute atomic E-state index is 9.16. The molecule has 0 saturated carbocycles. The molecule has 0 radical (unpaired) electrons. The monoisotopic (exact) mass is 323 g/mol. The van der Waals surface area contributed by atoms with Gasteiger partial charge in [-0.05, 0) is 12.5 Å². The van der Waals surface area contributed by atoms with Gasteiger partial charge in [-0.1, -0.05) is 29.8 Å². The number of morpholine rings is 1. The number of aromatic nitrogens is 2. The SMILES string of the molecule is Cc1ccc(C(CNc2nccnc2C#N)N2CCOCC2)cc1. The van der Waals surface area contributed by atoms with Crippen molar-refractivity contribution < 1.29 is 4.74 Å². The highest BCUT2D eigenvalue weighted by atomic mass is 16.5. The standard InChI is InChI=1S/C18H21N5O/c1-14-2-4-15(5-3-14)17(23-8-10-24-11-9-23)13-22-18-16(12-19)20-6-7-21-18/h2-7,17H,8-11,13H2,1H3,(H,21,22). The molecule has 6 heteroatoms. The highest BCUT2D eigenvalue weighted by Crippen LogP contribution is 2.23. The van der Waals surface area contributed by atoms with Gasteiger partial charge >= 0.3 is 0 Å². The molecular weight excluding hydrogens is 302 g/mol. The summed E-state index contributed by atoms with van der Waals surface area (Å²) in [6, 6.07) is 10.9. The van der Waals surface area contributed by atoms with Gasteiger partial charge in [0.1, 0.15) is 6.07 Å². The number of hydrogen-bond acceptors (Lipinski definition) is 6. The summed E-state index contributed by atoms with van der Waals surface area (Å²) < 4.78 is 5.48. The highest BCUT2D eigenvalue weighted by molar-refractivity contribution is 5.47. The Kier molecular flexibility index (Phi) is 5.36. The van der Waals surface area contributed by atoms with Crippen molar-refractivity contribution >= 4 is 5.82 Å². The first-order valence-electron chi connectivity index (χ1n) is 8.11. The summed E-state index contributed by atoms with van der Waals surface area (Å²) in [4.78, 5) is 10.7. The Morgan fingerprint density at radius 2 is 1.92 bits per heavy atom. The minimum absolute atomic E-state index is 0.197. The molecule has 124 valence electrons. The number of benzene rings is 1. The van der Waals surface area contributed by atoms with Gasteiger partial charge in [0.05, 0.1) is 19.3 Å². The second-order valence-electron chi connectivity index (χ2n) is 5.82. The number of nitrogens with one attached hydrogen (secondary N) is 1. The van der Waals surface area contributed by atoms with E-state index in [4.69, 9.17) is 10.00 Å². The Balaban J connectivity index is 1.79. The Morgan fingerprint density at radius 3 is 2.62 bits per heavy atom. The van der Waals surface area contributed by atoms with Crippen LogP contribution in [0, 0.1) is 18.3 Å². The minimum atomic E-state index is 0.197. The molecule has 0 aliphatic carbocycles. The quantitative estimate of drug-likeness (QED) is 0.909. The third-order valence-corrected chi connectivity index (χ3v) is 4.22. The van der Waals surface area contributed by atoms with Crippen LogP contribution in [-0.2, 0) is 4.74 Å². The summed E-state index contributed by atoms with van der Waals surface area (Å²) in [5.41, 5.74) is 2.81. The van der Waals surface area contributed by atoms with Crippen LogP contribution in [0.2, 0.25) is 0 Å². The van der Waals surface area contributed by atoms with E-state index in [0.29, 0.717) is 18.1 Å². The lowest BCUT2D eigenvalue weighted by atomic mass is 10.0. The molecule has 1 atom stereocenters. The molecule has 1 aromatic heterocycles. The number of rotatable bonds is 5. The number of hydrogen-bond donors (Lipinski definition) is 1. The molecule has 1 aliphatic rings. The topological polar surface area (TPSA) is 74.1 Å². The van der Waals surface area contributed by atoms with E-state index in [1.807, 2.05) is 0 Å². The number of nitrogens with zero attached hydrogens (tertiary/aromatic N) is 4. The van der Waals surface area contributed by atoms with Gasteiger partial charge in [-0.2, -0.15) is 5.26 Å². The molecule has 1 unspecified atom stereocenters. The zero-order valence-electron chi connectivity index (χ0n) is 13.8. The van der Waals surface area contributed by atoms with Gasteiger partial charge in [0, 0.05) is 32.0 Å². The summed E-state index contributed by atoms with van der Waals surface area (Å²) in [6.45, 7) is 6.03. The van der Waals surface area contributed by atoms with E-state index < -0.39 is 0 Å². The lowest BCUT2D eigenvalue weighted by Gasteiger charge is -2.35. The van der Waals surface area contributed by atoms with E-state index in [1.165, 1.54) is 17.3 Å². The molecule has 1 aliphatic heterocycles. The van der Waals surface area contributed by atoms with Gasteiger partial charge in [-0.25, -0.2) is 9.97 Å². The number of nitriles is 1. The second kappa shape index (κ2) is 7.86. The third kappa shape index (κ3) is 3.88. The van der Waals surface area contributed by atoms with Crippen molar-refractivity contribution in [1.82, 2.24) is 14.9 Å². The largest absolute Gasteiger partial charge is 0.379 e. The van der Waals surface area contributed by atoms with Crippen LogP contribution in [0.25, 0.3) is 0 Å². The Morgan fingerprint density at radius 1 is 1.21 bits per heavy atom. The van der Waals surface area contributed by atoms with Gasteiger partial charge < -0.3 is 10.1 Å². The van der Waals surface area contributed by atoms with Crippen molar-refractivity contribution in [2.24, 2.45) is 0 Å². The van der Waals surface area contributed by atoms with Crippen molar-refractivity contribution in [2.45, 2.75) is 13.0 Å². The van der Waals surface area contributed by atoms with Gasteiger partial charge in [0.25, 0.3) is 0 Å². The van der Waals surface area contributed by atoms with Crippen molar-refractivity contribution in [2.75, 3.05) is 38.2 Å². The molecule has 1 fully saturated rings. The minimum Gasteiger partial charge on any atom is -0.379 e. The molecule has 0 bridgehead atoms. The van der Waals surface area contributed by atoms with Gasteiger partial charge in [0.15, 0.2) is 11.5 Å². The zero-order chi connectivity index (χ0) is 16.8. The summed E-state index contributed by atoms with van der Waals surface area (Å²) in [6.07, 6.45) is 3.13. The summed E-state index contributed by atoms with van der Waals surface area (Å²) in [5, 5.41) is 12.5. The van der Waals surface area contributed by atoms with E-state index in [2.05, 4.69) is 57.4 Å². The maximum Gasteiger partial charge on any atom is 0.182 e. The van der Waals surface area contributed by atoms with E-state index in [0.717, 1.165) is 26.3 Å². The highest BCUT2D eigenvalue weighted by Gasteiger charge is 2.23. The maximum atomic E-state index is 9.16. The average molecular weight is 323 g/mol. The van der Waals surface area contributed by atoms with Gasteiger partial charge in [0.2, 0.25) is 0 Å². The number of aryl methyl sites for hydroxylation is 1. The summed E-state index contributed by atoms with van der Waals surface area (Å²) in [7, 11) is 0. The molecule has 2 aromatic rings. The fourth-order valence-corrected chi connectivity index (χ4v) is 2.88.